The minimum absolute atomic E-state index is 0.0659. The zero-order valence-electron chi connectivity index (χ0n) is 27.0. The molecule has 2 N–H and O–H groups in total. The second-order valence-electron chi connectivity index (χ2n) is 11.7. The van der Waals surface area contributed by atoms with E-state index >= 15 is 0 Å². The van der Waals surface area contributed by atoms with Gasteiger partial charge in [0.25, 0.3) is 0 Å². The van der Waals surface area contributed by atoms with Crippen LogP contribution in [0.2, 0.25) is 5.02 Å². The number of benzene rings is 3. The predicted molar refractivity (Wildman–Crippen MR) is 180 cm³/mol. The molecule has 1 saturated heterocycles. The maximum absolute atomic E-state index is 14.9. The molecule has 3 atom stereocenters. The van der Waals surface area contributed by atoms with E-state index < -0.39 is 11.6 Å². The van der Waals surface area contributed by atoms with E-state index in [1.807, 2.05) is 63.2 Å². The van der Waals surface area contributed by atoms with Crippen LogP contribution in [-0.2, 0) is 21.8 Å². The van der Waals surface area contributed by atoms with Crippen molar-refractivity contribution in [3.63, 3.8) is 0 Å². The molecule has 0 bridgehead atoms. The van der Waals surface area contributed by atoms with Crippen LogP contribution in [0, 0.1) is 12.7 Å². The standard InChI is InChI=1S/C34H38ClFN8O4/c1-4-24(3)44-33(45)42(22-41-44)32-12-8-26(18-31(32)36)38-14-13-37-25-6-9-27(10-7-25)46-19-28-20-47-34(48-28,21-43-39-15-16-40-43)29-11-5-23(2)17-30(29)35/h5-12,15-18,22,24,28,37-38H,4,13-14,19-21H2,1-3H3/t24?,28-,34-/m1/s1. The highest BCUT2D eigenvalue weighted by Gasteiger charge is 2.46. The van der Waals surface area contributed by atoms with Crippen LogP contribution in [0.4, 0.5) is 15.8 Å². The van der Waals surface area contributed by atoms with Crippen LogP contribution in [0.25, 0.3) is 5.69 Å². The molecular weight excluding hydrogens is 639 g/mol. The van der Waals surface area contributed by atoms with E-state index in [2.05, 4.69) is 25.9 Å². The number of halogens is 2. The summed E-state index contributed by atoms with van der Waals surface area (Å²) < 4.78 is 36.2. The third-order valence-electron chi connectivity index (χ3n) is 8.19. The lowest BCUT2D eigenvalue weighted by molar-refractivity contribution is -0.192. The Balaban J connectivity index is 0.980. The van der Waals surface area contributed by atoms with Crippen LogP contribution in [-0.4, -0.2) is 61.7 Å². The average Bonchev–Trinajstić information content (AvgIpc) is 3.84. The van der Waals surface area contributed by atoms with Crippen molar-refractivity contribution in [2.75, 3.05) is 36.9 Å². The van der Waals surface area contributed by atoms with Gasteiger partial charge in [0.2, 0.25) is 5.79 Å². The molecule has 0 spiro atoms. The van der Waals surface area contributed by atoms with Gasteiger partial charge in [0.15, 0.2) is 0 Å². The molecule has 2 aromatic heterocycles. The summed E-state index contributed by atoms with van der Waals surface area (Å²) in [7, 11) is 0. The fraction of sp³-hybridized carbons (Fsp3) is 0.353. The summed E-state index contributed by atoms with van der Waals surface area (Å²) >= 11 is 6.62. The van der Waals surface area contributed by atoms with Gasteiger partial charge in [-0.2, -0.15) is 20.1 Å². The van der Waals surface area contributed by atoms with Crippen molar-refractivity contribution in [1.82, 2.24) is 29.3 Å². The van der Waals surface area contributed by atoms with E-state index in [9.17, 15) is 9.18 Å². The van der Waals surface area contributed by atoms with Gasteiger partial charge in [0.1, 0.15) is 37.1 Å². The number of anilines is 2. The Labute approximate surface area is 282 Å². The third-order valence-corrected chi connectivity index (χ3v) is 8.51. The molecule has 6 rings (SSSR count). The molecule has 1 aliphatic heterocycles. The molecule has 0 radical (unpaired) electrons. The van der Waals surface area contributed by atoms with Crippen molar-refractivity contribution >= 4 is 23.0 Å². The SMILES string of the molecule is CCC(C)n1ncn(-c2ccc(NCCNc3ccc(OC[C@@H]4CO[C@@](Cn5nccn5)(c5ccc(C)cc5Cl)O4)cc3)cc2F)c1=O. The van der Waals surface area contributed by atoms with Crippen LogP contribution in [0.1, 0.15) is 37.4 Å². The summed E-state index contributed by atoms with van der Waals surface area (Å²) in [6.07, 6.45) is 4.97. The molecule has 1 aliphatic rings. The second kappa shape index (κ2) is 14.6. The number of rotatable bonds is 14. The zero-order chi connectivity index (χ0) is 33.7. The van der Waals surface area contributed by atoms with E-state index in [-0.39, 0.29) is 36.7 Å². The number of nitrogens with one attached hydrogen (secondary N) is 2. The Morgan fingerprint density at radius 1 is 1.04 bits per heavy atom. The molecular formula is C34H38ClFN8O4. The first-order valence-corrected chi connectivity index (χ1v) is 16.2. The number of hydrogen-bond acceptors (Lipinski definition) is 9. The molecule has 5 aromatic rings. The Bertz CT molecular complexity index is 1880. The van der Waals surface area contributed by atoms with Crippen molar-refractivity contribution < 1.29 is 18.6 Å². The molecule has 48 heavy (non-hydrogen) atoms. The van der Waals surface area contributed by atoms with Crippen molar-refractivity contribution in [3.8, 4) is 11.4 Å². The van der Waals surface area contributed by atoms with Crippen molar-refractivity contribution in [3.05, 3.63) is 112 Å². The lowest BCUT2D eigenvalue weighted by atomic mass is 10.0. The minimum atomic E-state index is -1.15. The summed E-state index contributed by atoms with van der Waals surface area (Å²) in [5, 5.41) is 19.7. The van der Waals surface area contributed by atoms with Gasteiger partial charge in [-0.3, -0.25) is 0 Å². The first-order valence-electron chi connectivity index (χ1n) is 15.8. The Hall–Kier alpha value is -4.72. The van der Waals surface area contributed by atoms with E-state index in [0.717, 1.165) is 17.7 Å². The normalized spacial score (nSPS) is 18.1. The molecule has 12 nitrogen and oxygen atoms in total. The van der Waals surface area contributed by atoms with E-state index in [4.69, 9.17) is 25.8 Å². The monoisotopic (exact) mass is 676 g/mol. The lowest BCUT2D eigenvalue weighted by Crippen LogP contribution is -2.35. The highest BCUT2D eigenvalue weighted by atomic mass is 35.5. The van der Waals surface area contributed by atoms with E-state index in [0.29, 0.717) is 41.7 Å². The van der Waals surface area contributed by atoms with Gasteiger partial charge in [-0.25, -0.2) is 18.4 Å². The summed E-state index contributed by atoms with van der Waals surface area (Å²) in [5.41, 5.74) is 3.05. The van der Waals surface area contributed by atoms with Crippen molar-refractivity contribution in [2.24, 2.45) is 0 Å². The zero-order valence-corrected chi connectivity index (χ0v) is 27.7. The highest BCUT2D eigenvalue weighted by molar-refractivity contribution is 6.31. The molecule has 0 aliphatic carbocycles. The fourth-order valence-electron chi connectivity index (χ4n) is 5.44. The first kappa shape index (κ1) is 33.2. The van der Waals surface area contributed by atoms with E-state index in [1.54, 1.807) is 24.5 Å². The molecule has 14 heteroatoms. The summed E-state index contributed by atoms with van der Waals surface area (Å²) in [5.74, 6) is -0.973. The van der Waals surface area contributed by atoms with Gasteiger partial charge in [-0.15, -0.1) is 0 Å². The van der Waals surface area contributed by atoms with Crippen LogP contribution >= 0.6 is 11.6 Å². The summed E-state index contributed by atoms with van der Waals surface area (Å²) in [6.45, 7) is 7.80. The van der Waals surface area contributed by atoms with Gasteiger partial charge in [0.05, 0.1) is 30.7 Å². The smallest absolute Gasteiger partial charge is 0.350 e. The number of hydrogen-bond donors (Lipinski definition) is 2. The maximum Gasteiger partial charge on any atom is 0.350 e. The molecule has 252 valence electrons. The van der Waals surface area contributed by atoms with Crippen molar-refractivity contribution in [1.29, 1.82) is 0 Å². The molecule has 3 heterocycles. The fourth-order valence-corrected chi connectivity index (χ4v) is 5.82. The maximum atomic E-state index is 14.9. The van der Waals surface area contributed by atoms with Gasteiger partial charge < -0.3 is 24.8 Å². The van der Waals surface area contributed by atoms with Gasteiger partial charge in [-0.1, -0.05) is 30.7 Å². The summed E-state index contributed by atoms with van der Waals surface area (Å²) in [4.78, 5) is 14.2. The van der Waals surface area contributed by atoms with Crippen molar-refractivity contribution in [2.45, 2.75) is 51.7 Å². The minimum Gasteiger partial charge on any atom is -0.491 e. The largest absolute Gasteiger partial charge is 0.491 e. The first-order chi connectivity index (χ1) is 23.2. The molecule has 1 unspecified atom stereocenters. The molecule has 3 aromatic carbocycles. The van der Waals surface area contributed by atoms with Crippen LogP contribution in [0.5, 0.6) is 5.75 Å². The Morgan fingerprint density at radius 2 is 1.77 bits per heavy atom. The van der Waals surface area contributed by atoms with Gasteiger partial charge in [-0.05, 0) is 74.4 Å². The molecule has 1 fully saturated rings. The van der Waals surface area contributed by atoms with Gasteiger partial charge >= 0.3 is 5.69 Å². The van der Waals surface area contributed by atoms with Crippen LogP contribution in [0.15, 0.2) is 84.2 Å². The van der Waals surface area contributed by atoms with Crippen LogP contribution < -0.4 is 21.1 Å². The highest BCUT2D eigenvalue weighted by Crippen LogP contribution is 2.40. The van der Waals surface area contributed by atoms with E-state index in [1.165, 1.54) is 26.4 Å². The molecule has 0 amide bonds. The Kier molecular flexibility index (Phi) is 10.1. The number of aromatic nitrogens is 6. The van der Waals surface area contributed by atoms with Crippen LogP contribution in [0.3, 0.4) is 0 Å². The summed E-state index contributed by atoms with van der Waals surface area (Å²) in [6, 6.07) is 18.0. The quantitative estimate of drug-likeness (QED) is 0.145. The topological polar surface area (TPSA) is 122 Å². The number of aryl methyl sites for hydroxylation is 1. The number of ether oxygens (including phenoxy) is 3. The lowest BCUT2D eigenvalue weighted by Gasteiger charge is -2.29. The third kappa shape index (κ3) is 7.38. The molecule has 0 saturated carbocycles. The second-order valence-corrected chi connectivity index (χ2v) is 12.1. The predicted octanol–water partition coefficient (Wildman–Crippen LogP) is 5.57. The average molecular weight is 677 g/mol. The number of nitrogens with zero attached hydrogens (tertiary/aromatic N) is 6. The van der Waals surface area contributed by atoms with Gasteiger partial charge in [0, 0.05) is 35.1 Å². The Morgan fingerprint density at radius 3 is 2.48 bits per heavy atom.